The molecule has 0 bridgehead atoms. The van der Waals surface area contributed by atoms with Gasteiger partial charge in [-0.2, -0.15) is 0 Å². The van der Waals surface area contributed by atoms with Crippen molar-refractivity contribution in [2.45, 2.75) is 19.3 Å². The molecular weight excluding hydrogens is 595 g/mol. The first-order valence-corrected chi connectivity index (χ1v) is 17.0. The average molecular weight is 628 g/mol. The highest BCUT2D eigenvalue weighted by Gasteiger charge is 2.35. The lowest BCUT2D eigenvalue weighted by Gasteiger charge is -2.28. The third kappa shape index (κ3) is 4.27. The Hall–Kier alpha value is -6.12. The first-order valence-electron chi connectivity index (χ1n) is 17.0. The van der Waals surface area contributed by atoms with Crippen molar-refractivity contribution in [3.63, 3.8) is 0 Å². The van der Waals surface area contributed by atoms with Gasteiger partial charge in [0.05, 0.1) is 0 Å². The summed E-state index contributed by atoms with van der Waals surface area (Å²) in [6.45, 7) is 4.70. The lowest BCUT2D eigenvalue weighted by atomic mass is 9.82. The molecule has 0 saturated heterocycles. The number of furan rings is 1. The molecule has 0 saturated carbocycles. The molecule has 0 radical (unpaired) electrons. The van der Waals surface area contributed by atoms with Crippen molar-refractivity contribution < 1.29 is 4.42 Å². The number of para-hydroxylation sites is 1. The molecule has 2 heteroatoms. The number of hydrogen-bond donors (Lipinski definition) is 0. The van der Waals surface area contributed by atoms with Gasteiger partial charge in [0.2, 0.25) is 0 Å². The molecule has 10 rings (SSSR count). The first kappa shape index (κ1) is 27.9. The van der Waals surface area contributed by atoms with Crippen LogP contribution >= 0.6 is 0 Å². The summed E-state index contributed by atoms with van der Waals surface area (Å²) < 4.78 is 6.25. The van der Waals surface area contributed by atoms with E-state index in [0.29, 0.717) is 0 Å². The Morgan fingerprint density at radius 1 is 0.408 bits per heavy atom. The molecule has 0 N–H and O–H groups in total. The number of nitrogens with zero attached hydrogens (tertiary/aromatic N) is 1. The van der Waals surface area contributed by atoms with E-state index in [-0.39, 0.29) is 5.41 Å². The summed E-state index contributed by atoms with van der Waals surface area (Å²) in [6, 6.07) is 59.6. The molecule has 49 heavy (non-hydrogen) atoms. The van der Waals surface area contributed by atoms with E-state index in [9.17, 15) is 0 Å². The molecule has 0 fully saturated rings. The summed E-state index contributed by atoms with van der Waals surface area (Å²) in [4.78, 5) is 2.41. The fourth-order valence-electron chi connectivity index (χ4n) is 8.15. The van der Waals surface area contributed by atoms with Gasteiger partial charge < -0.3 is 9.32 Å². The van der Waals surface area contributed by atoms with Gasteiger partial charge in [-0.3, -0.25) is 0 Å². The van der Waals surface area contributed by atoms with Crippen LogP contribution in [0.4, 0.5) is 17.1 Å². The highest BCUT2D eigenvalue weighted by molar-refractivity contribution is 6.07. The lowest BCUT2D eigenvalue weighted by molar-refractivity contribution is 0.660. The van der Waals surface area contributed by atoms with Crippen LogP contribution < -0.4 is 4.90 Å². The quantitative estimate of drug-likeness (QED) is 0.193. The van der Waals surface area contributed by atoms with Gasteiger partial charge in [0.1, 0.15) is 11.2 Å². The topological polar surface area (TPSA) is 16.4 Å². The van der Waals surface area contributed by atoms with E-state index >= 15 is 0 Å². The zero-order valence-electron chi connectivity index (χ0n) is 27.4. The van der Waals surface area contributed by atoms with Crippen LogP contribution in [0.15, 0.2) is 168 Å². The Kier molecular flexibility index (Phi) is 5.95. The van der Waals surface area contributed by atoms with E-state index in [1.807, 2.05) is 12.1 Å². The third-order valence-electron chi connectivity index (χ3n) is 10.6. The van der Waals surface area contributed by atoms with Gasteiger partial charge in [0, 0.05) is 33.2 Å². The second kappa shape index (κ2) is 10.4. The van der Waals surface area contributed by atoms with Gasteiger partial charge in [0.25, 0.3) is 0 Å². The molecule has 232 valence electrons. The van der Waals surface area contributed by atoms with Crippen LogP contribution in [0.5, 0.6) is 0 Å². The van der Waals surface area contributed by atoms with E-state index in [1.54, 1.807) is 0 Å². The standard InChI is InChI=1S/C47H33NO/c1-47(2)43-16-7-5-13-39(43)40-24-22-36(29-44(40)47)48(35-23-25-46-42(28-35)41-14-6-8-17-45(41)49-46)34-21-20-30-18-19-32(26-33(30)27-34)38-15-9-11-31-10-3-4-12-37(31)38/h3-29H,1-2H3. The molecule has 8 aromatic carbocycles. The van der Waals surface area contributed by atoms with Crippen molar-refractivity contribution in [3.05, 3.63) is 175 Å². The van der Waals surface area contributed by atoms with Crippen molar-refractivity contribution >= 4 is 60.5 Å². The maximum Gasteiger partial charge on any atom is 0.135 e. The minimum atomic E-state index is -0.102. The third-order valence-corrected chi connectivity index (χ3v) is 10.6. The summed E-state index contributed by atoms with van der Waals surface area (Å²) in [7, 11) is 0. The van der Waals surface area contributed by atoms with Crippen molar-refractivity contribution in [2.75, 3.05) is 4.90 Å². The molecule has 0 unspecified atom stereocenters. The van der Waals surface area contributed by atoms with Crippen LogP contribution in [-0.2, 0) is 5.41 Å². The summed E-state index contributed by atoms with van der Waals surface area (Å²) >= 11 is 0. The minimum Gasteiger partial charge on any atom is -0.456 e. The molecular formula is C47H33NO. The fraction of sp³-hybridized carbons (Fsp3) is 0.0638. The smallest absolute Gasteiger partial charge is 0.135 e. The Morgan fingerprint density at radius 3 is 2.00 bits per heavy atom. The molecule has 0 amide bonds. The summed E-state index contributed by atoms with van der Waals surface area (Å²) in [6.07, 6.45) is 0. The second-order valence-electron chi connectivity index (χ2n) is 13.8. The minimum absolute atomic E-state index is 0.102. The molecule has 0 aliphatic heterocycles. The van der Waals surface area contributed by atoms with Gasteiger partial charge in [-0.1, -0.05) is 123 Å². The van der Waals surface area contributed by atoms with E-state index in [1.165, 1.54) is 54.9 Å². The normalized spacial score (nSPS) is 13.3. The molecule has 2 nitrogen and oxygen atoms in total. The van der Waals surface area contributed by atoms with Crippen molar-refractivity contribution in [2.24, 2.45) is 0 Å². The molecule has 9 aromatic rings. The number of fused-ring (bicyclic) bond motifs is 8. The molecule has 0 spiro atoms. The number of rotatable bonds is 4. The van der Waals surface area contributed by atoms with Gasteiger partial charge >= 0.3 is 0 Å². The zero-order chi connectivity index (χ0) is 32.7. The summed E-state index contributed by atoms with van der Waals surface area (Å²) in [5.74, 6) is 0. The second-order valence-corrected chi connectivity index (χ2v) is 13.8. The molecule has 1 aliphatic carbocycles. The fourth-order valence-corrected chi connectivity index (χ4v) is 8.15. The zero-order valence-corrected chi connectivity index (χ0v) is 27.4. The van der Waals surface area contributed by atoms with Crippen molar-refractivity contribution in [3.8, 4) is 22.3 Å². The summed E-state index contributed by atoms with van der Waals surface area (Å²) in [5, 5.41) is 7.19. The van der Waals surface area contributed by atoms with Crippen LogP contribution in [0.25, 0.3) is 65.7 Å². The predicted octanol–water partition coefficient (Wildman–Crippen LogP) is 13.3. The van der Waals surface area contributed by atoms with Crippen LogP contribution in [0.3, 0.4) is 0 Å². The van der Waals surface area contributed by atoms with E-state index in [4.69, 9.17) is 4.42 Å². The molecule has 0 atom stereocenters. The lowest BCUT2D eigenvalue weighted by Crippen LogP contribution is -2.16. The van der Waals surface area contributed by atoms with Gasteiger partial charge in [0.15, 0.2) is 0 Å². The van der Waals surface area contributed by atoms with Gasteiger partial charge in [-0.15, -0.1) is 0 Å². The summed E-state index contributed by atoms with van der Waals surface area (Å²) in [5.41, 5.74) is 12.9. The van der Waals surface area contributed by atoms with Gasteiger partial charge in [-0.25, -0.2) is 0 Å². The highest BCUT2D eigenvalue weighted by Crippen LogP contribution is 2.51. The van der Waals surface area contributed by atoms with E-state index in [0.717, 1.165) is 39.0 Å². The van der Waals surface area contributed by atoms with Crippen LogP contribution in [0.1, 0.15) is 25.0 Å². The Bertz CT molecular complexity index is 2760. The average Bonchev–Trinajstić information content (AvgIpc) is 3.63. The monoisotopic (exact) mass is 627 g/mol. The van der Waals surface area contributed by atoms with E-state index < -0.39 is 0 Å². The molecule has 1 heterocycles. The van der Waals surface area contributed by atoms with Crippen LogP contribution in [-0.4, -0.2) is 0 Å². The maximum absolute atomic E-state index is 6.25. The highest BCUT2D eigenvalue weighted by atomic mass is 16.3. The number of benzene rings is 8. The van der Waals surface area contributed by atoms with Crippen LogP contribution in [0, 0.1) is 0 Å². The molecule has 1 aromatic heterocycles. The Morgan fingerprint density at radius 2 is 1.06 bits per heavy atom. The van der Waals surface area contributed by atoms with E-state index in [2.05, 4.69) is 170 Å². The predicted molar refractivity (Wildman–Crippen MR) is 206 cm³/mol. The Labute approximate surface area is 285 Å². The number of hydrogen-bond acceptors (Lipinski definition) is 2. The van der Waals surface area contributed by atoms with Crippen LogP contribution in [0.2, 0.25) is 0 Å². The van der Waals surface area contributed by atoms with Gasteiger partial charge in [-0.05, 0) is 110 Å². The van der Waals surface area contributed by atoms with Crippen molar-refractivity contribution in [1.82, 2.24) is 0 Å². The largest absolute Gasteiger partial charge is 0.456 e. The first-order chi connectivity index (χ1) is 24.0. The Balaban J connectivity index is 1.18. The SMILES string of the molecule is CC1(C)c2ccccc2-c2ccc(N(c3ccc4ccc(-c5cccc6ccccc56)cc4c3)c3ccc4oc5ccccc5c4c3)cc21. The maximum atomic E-state index is 6.25. The number of anilines is 3. The molecule has 1 aliphatic rings. The van der Waals surface area contributed by atoms with Crippen molar-refractivity contribution in [1.29, 1.82) is 0 Å².